The van der Waals surface area contributed by atoms with Gasteiger partial charge in [0.2, 0.25) is 5.78 Å². The van der Waals surface area contributed by atoms with E-state index >= 15 is 0 Å². The molecule has 2 aromatic heterocycles. The molecule has 5 nitrogen and oxygen atoms in total. The number of nitrogens with zero attached hydrogens (tertiary/aromatic N) is 4. The third-order valence-corrected chi connectivity index (χ3v) is 6.57. The van der Waals surface area contributed by atoms with Crippen molar-refractivity contribution in [1.29, 1.82) is 0 Å². The van der Waals surface area contributed by atoms with Gasteiger partial charge in [0.1, 0.15) is 0 Å². The Hall–Kier alpha value is -2.08. The minimum atomic E-state index is -0.257. The van der Waals surface area contributed by atoms with E-state index in [1.165, 1.54) is 5.56 Å². The van der Waals surface area contributed by atoms with Crippen molar-refractivity contribution in [3.8, 4) is 11.3 Å². The fourth-order valence-corrected chi connectivity index (χ4v) is 4.90. The van der Waals surface area contributed by atoms with Crippen molar-refractivity contribution in [2.24, 2.45) is 0 Å². The predicted molar refractivity (Wildman–Crippen MR) is 115 cm³/mol. The summed E-state index contributed by atoms with van der Waals surface area (Å²) in [5.41, 5.74) is 3.78. The van der Waals surface area contributed by atoms with Gasteiger partial charge in [-0.15, -0.1) is 5.10 Å². The molecule has 4 rings (SSSR count). The molecule has 0 fully saturated rings. The van der Waals surface area contributed by atoms with Gasteiger partial charge in [-0.1, -0.05) is 70.1 Å². The van der Waals surface area contributed by atoms with Crippen LogP contribution in [0.15, 0.2) is 34.2 Å². The first-order chi connectivity index (χ1) is 13.5. The van der Waals surface area contributed by atoms with E-state index in [0.717, 1.165) is 60.0 Å². The molecule has 3 aromatic rings. The van der Waals surface area contributed by atoms with Crippen molar-refractivity contribution in [2.75, 3.05) is 5.75 Å². The summed E-state index contributed by atoms with van der Waals surface area (Å²) in [4.78, 5) is 18.8. The van der Waals surface area contributed by atoms with Gasteiger partial charge in [0.15, 0.2) is 5.16 Å². The van der Waals surface area contributed by atoms with Crippen LogP contribution in [0.5, 0.6) is 0 Å². The first-order valence-electron chi connectivity index (χ1n) is 10.2. The lowest BCUT2D eigenvalue weighted by Gasteiger charge is -2.32. The Morgan fingerprint density at radius 2 is 1.96 bits per heavy atom. The summed E-state index contributed by atoms with van der Waals surface area (Å²) < 4.78 is 3.68. The first-order valence-corrected chi connectivity index (χ1v) is 11.2. The van der Waals surface area contributed by atoms with Crippen LogP contribution in [0.3, 0.4) is 0 Å². The van der Waals surface area contributed by atoms with E-state index < -0.39 is 0 Å². The second-order valence-electron chi connectivity index (χ2n) is 8.20. The molecule has 28 heavy (non-hydrogen) atoms. The Bertz CT molecular complexity index is 1080. The highest BCUT2D eigenvalue weighted by Gasteiger charge is 2.36. The van der Waals surface area contributed by atoms with Crippen LogP contribution >= 0.6 is 11.8 Å². The summed E-state index contributed by atoms with van der Waals surface area (Å²) in [7, 11) is 0. The first kappa shape index (κ1) is 19.2. The smallest absolute Gasteiger partial charge is 0.265 e. The van der Waals surface area contributed by atoms with Gasteiger partial charge in [0, 0.05) is 23.3 Å². The number of aromatic nitrogens is 4. The van der Waals surface area contributed by atoms with Crippen LogP contribution in [0.2, 0.25) is 0 Å². The van der Waals surface area contributed by atoms with Crippen LogP contribution in [0, 0.1) is 0 Å². The molecule has 148 valence electrons. The number of hydrogen-bond donors (Lipinski definition) is 0. The van der Waals surface area contributed by atoms with Gasteiger partial charge in [-0.05, 0) is 24.8 Å². The summed E-state index contributed by atoms with van der Waals surface area (Å²) in [6, 6.07) is 8.34. The molecule has 0 aliphatic heterocycles. The topological polar surface area (TPSA) is 52.2 Å². The number of fused-ring (bicyclic) bond motifs is 4. The van der Waals surface area contributed by atoms with Gasteiger partial charge in [-0.25, -0.2) is 14.1 Å². The summed E-state index contributed by atoms with van der Waals surface area (Å²) in [5.74, 6) is 1.61. The van der Waals surface area contributed by atoms with Crippen molar-refractivity contribution < 1.29 is 0 Å². The molecule has 0 spiro atoms. The minimum absolute atomic E-state index is 0.0425. The predicted octanol–water partition coefficient (Wildman–Crippen LogP) is 4.69. The number of rotatable bonds is 6. The number of hydrogen-bond acceptors (Lipinski definition) is 4. The fourth-order valence-electron chi connectivity index (χ4n) is 4.07. The maximum absolute atomic E-state index is 13.7. The van der Waals surface area contributed by atoms with Gasteiger partial charge in [0.25, 0.3) is 5.56 Å². The average Bonchev–Trinajstić information content (AvgIpc) is 3.02. The lowest BCUT2D eigenvalue weighted by atomic mass is 9.72. The van der Waals surface area contributed by atoms with Gasteiger partial charge in [0.05, 0.1) is 11.3 Å². The molecule has 0 radical (unpaired) electrons. The van der Waals surface area contributed by atoms with Crippen molar-refractivity contribution in [2.45, 2.75) is 70.5 Å². The Labute approximate surface area is 170 Å². The van der Waals surface area contributed by atoms with Gasteiger partial charge < -0.3 is 0 Å². The van der Waals surface area contributed by atoms with Crippen LogP contribution < -0.4 is 5.56 Å². The average molecular weight is 397 g/mol. The monoisotopic (exact) mass is 396 g/mol. The molecule has 1 aromatic carbocycles. The molecule has 1 aliphatic carbocycles. The Morgan fingerprint density at radius 3 is 2.71 bits per heavy atom. The maximum atomic E-state index is 13.7. The van der Waals surface area contributed by atoms with Crippen LogP contribution in [0.1, 0.15) is 58.1 Å². The van der Waals surface area contributed by atoms with Crippen LogP contribution in [-0.4, -0.2) is 24.9 Å². The van der Waals surface area contributed by atoms with Gasteiger partial charge in [-0.3, -0.25) is 4.79 Å². The van der Waals surface area contributed by atoms with E-state index in [2.05, 4.69) is 45.9 Å². The molecule has 0 amide bonds. The van der Waals surface area contributed by atoms with Crippen molar-refractivity contribution in [3.05, 3.63) is 45.7 Å². The second-order valence-corrected chi connectivity index (χ2v) is 9.26. The van der Waals surface area contributed by atoms with E-state index in [4.69, 9.17) is 10.1 Å². The molecule has 0 N–H and O–H groups in total. The third kappa shape index (κ3) is 3.08. The Balaban J connectivity index is 2.03. The zero-order valence-corrected chi connectivity index (χ0v) is 18.0. The third-order valence-electron chi connectivity index (χ3n) is 5.43. The van der Waals surface area contributed by atoms with E-state index in [1.807, 2.05) is 10.7 Å². The molecule has 0 unspecified atom stereocenters. The zero-order chi connectivity index (χ0) is 19.9. The number of aryl methyl sites for hydroxylation is 1. The molecule has 0 bridgehead atoms. The molecule has 1 aliphatic rings. The summed E-state index contributed by atoms with van der Waals surface area (Å²) in [6.07, 6.45) is 3.99. The maximum Gasteiger partial charge on any atom is 0.265 e. The largest absolute Gasteiger partial charge is 0.268 e. The van der Waals surface area contributed by atoms with Crippen molar-refractivity contribution in [1.82, 2.24) is 19.2 Å². The summed E-state index contributed by atoms with van der Waals surface area (Å²) in [5, 5.41) is 5.55. The molecule has 0 saturated heterocycles. The number of unbranched alkanes of at least 4 members (excludes halogenated alkanes) is 1. The van der Waals surface area contributed by atoms with Crippen LogP contribution in [-0.2, 0) is 18.4 Å². The lowest BCUT2D eigenvalue weighted by Crippen LogP contribution is -2.36. The van der Waals surface area contributed by atoms with Crippen molar-refractivity contribution in [3.63, 3.8) is 0 Å². The summed E-state index contributed by atoms with van der Waals surface area (Å²) in [6.45, 7) is 9.39. The molecule has 2 heterocycles. The molecule has 0 atom stereocenters. The van der Waals surface area contributed by atoms with E-state index in [9.17, 15) is 4.79 Å². The Morgan fingerprint density at radius 1 is 1.18 bits per heavy atom. The lowest BCUT2D eigenvalue weighted by molar-refractivity contribution is 0.505. The summed E-state index contributed by atoms with van der Waals surface area (Å²) >= 11 is 1.65. The van der Waals surface area contributed by atoms with Crippen LogP contribution in [0.25, 0.3) is 17.0 Å². The van der Waals surface area contributed by atoms with E-state index in [-0.39, 0.29) is 11.0 Å². The van der Waals surface area contributed by atoms with Crippen LogP contribution in [0.4, 0.5) is 0 Å². The number of thioether (sulfide) groups is 1. The van der Waals surface area contributed by atoms with Gasteiger partial charge >= 0.3 is 0 Å². The quantitative estimate of drug-likeness (QED) is 0.567. The zero-order valence-electron chi connectivity index (χ0n) is 17.2. The van der Waals surface area contributed by atoms with E-state index in [1.54, 1.807) is 16.2 Å². The fraction of sp³-hybridized carbons (Fsp3) is 0.500. The second kappa shape index (κ2) is 7.39. The molecular weight excluding hydrogens is 368 g/mol. The SMILES string of the molecule is CCCCn1nc(SCCC)n2c(=O)c3c(nc12)-c1ccccc1CC3(C)C. The highest BCUT2D eigenvalue weighted by molar-refractivity contribution is 7.99. The normalized spacial score (nSPS) is 14.9. The minimum Gasteiger partial charge on any atom is -0.268 e. The number of benzene rings is 1. The molecule has 0 saturated carbocycles. The Kier molecular flexibility index (Phi) is 5.08. The highest BCUT2D eigenvalue weighted by atomic mass is 32.2. The highest BCUT2D eigenvalue weighted by Crippen LogP contribution is 2.40. The standard InChI is InChI=1S/C22H28N4OS/c1-5-7-12-25-20-23-18-16-11-9-8-10-15(16)14-22(3,4)17(18)19(27)26(20)21(24-25)28-13-6-2/h8-11H,5-7,12-14H2,1-4H3. The molecular formula is C22H28N4OS. The van der Waals surface area contributed by atoms with E-state index in [0.29, 0.717) is 5.78 Å². The molecule has 6 heteroatoms. The van der Waals surface area contributed by atoms with Crippen molar-refractivity contribution >= 4 is 17.5 Å². The van der Waals surface area contributed by atoms with Gasteiger partial charge in [-0.2, -0.15) is 0 Å².